The summed E-state index contributed by atoms with van der Waals surface area (Å²) in [5, 5.41) is 11.8. The van der Waals surface area contributed by atoms with E-state index in [0.29, 0.717) is 5.75 Å². The van der Waals surface area contributed by atoms with E-state index in [1.165, 1.54) is 33.1 Å². The van der Waals surface area contributed by atoms with Crippen LogP contribution < -0.4 is 10.1 Å². The van der Waals surface area contributed by atoms with Crippen LogP contribution in [0, 0.1) is 5.82 Å². The molecule has 0 saturated heterocycles. The molecule has 0 aliphatic rings. The summed E-state index contributed by atoms with van der Waals surface area (Å²) in [5.74, 6) is -0.790. The fraction of sp³-hybridized carbons (Fsp3) is 0.364. The molecule has 1 aromatic carbocycles. The minimum absolute atomic E-state index is 0.189. The molecule has 5 heteroatoms. The molecule has 0 unspecified atom stereocenters. The zero-order chi connectivity index (χ0) is 12.3. The zero-order valence-electron chi connectivity index (χ0n) is 9.37. The summed E-state index contributed by atoms with van der Waals surface area (Å²) in [6, 6.07) is 3.75. The van der Waals surface area contributed by atoms with Gasteiger partial charge in [-0.2, -0.15) is 0 Å². The summed E-state index contributed by atoms with van der Waals surface area (Å²) in [6.07, 6.45) is 0. The van der Waals surface area contributed by atoms with Gasteiger partial charge in [0.25, 0.3) is 5.91 Å². The van der Waals surface area contributed by atoms with Crippen LogP contribution in [-0.4, -0.2) is 23.7 Å². The monoisotopic (exact) mass is 227 g/mol. The molecule has 0 atom stereocenters. The maximum absolute atomic E-state index is 13.0. The van der Waals surface area contributed by atoms with Crippen LogP contribution in [0.3, 0.4) is 0 Å². The van der Waals surface area contributed by atoms with Crippen LogP contribution in [0.25, 0.3) is 0 Å². The topological polar surface area (TPSA) is 58.6 Å². The molecule has 0 heterocycles. The molecule has 4 nitrogen and oxygen atoms in total. The zero-order valence-corrected chi connectivity index (χ0v) is 9.37. The number of anilines is 1. The summed E-state index contributed by atoms with van der Waals surface area (Å²) >= 11 is 0. The highest BCUT2D eigenvalue weighted by Gasteiger charge is 2.24. The standard InChI is InChI=1S/C11H14FNO3/c1-11(2,15)10(14)13-8-6-7(12)4-5-9(8)16-3/h4-6,15H,1-3H3,(H,13,14). The van der Waals surface area contributed by atoms with Crippen molar-refractivity contribution in [2.75, 3.05) is 12.4 Å². The lowest BCUT2D eigenvalue weighted by Gasteiger charge is -2.17. The molecule has 0 bridgehead atoms. The van der Waals surface area contributed by atoms with Crippen molar-refractivity contribution >= 4 is 11.6 Å². The highest BCUT2D eigenvalue weighted by Crippen LogP contribution is 2.25. The second-order valence-corrected chi connectivity index (χ2v) is 3.86. The van der Waals surface area contributed by atoms with Gasteiger partial charge in [0.2, 0.25) is 0 Å². The Balaban J connectivity index is 2.96. The molecule has 1 aromatic rings. The van der Waals surface area contributed by atoms with Crippen LogP contribution in [0.4, 0.5) is 10.1 Å². The van der Waals surface area contributed by atoms with Crippen LogP contribution in [0.1, 0.15) is 13.8 Å². The van der Waals surface area contributed by atoms with Crippen molar-refractivity contribution in [2.45, 2.75) is 19.4 Å². The first-order valence-electron chi connectivity index (χ1n) is 4.72. The Morgan fingerprint density at radius 1 is 1.50 bits per heavy atom. The van der Waals surface area contributed by atoms with Crippen molar-refractivity contribution in [2.24, 2.45) is 0 Å². The second-order valence-electron chi connectivity index (χ2n) is 3.86. The molecule has 0 aliphatic heterocycles. The molecule has 0 spiro atoms. The first-order chi connectivity index (χ1) is 7.34. The molecule has 1 rings (SSSR count). The summed E-state index contributed by atoms with van der Waals surface area (Å²) in [6.45, 7) is 2.68. The van der Waals surface area contributed by atoms with E-state index in [-0.39, 0.29) is 5.69 Å². The smallest absolute Gasteiger partial charge is 0.255 e. The Bertz CT molecular complexity index is 399. The second kappa shape index (κ2) is 4.49. The van der Waals surface area contributed by atoms with Crippen molar-refractivity contribution < 1.29 is 19.0 Å². The molecular weight excluding hydrogens is 213 g/mol. The van der Waals surface area contributed by atoms with Gasteiger partial charge in [0.15, 0.2) is 0 Å². The van der Waals surface area contributed by atoms with Crippen molar-refractivity contribution in [1.82, 2.24) is 0 Å². The third-order valence-electron chi connectivity index (χ3n) is 1.97. The number of carbonyl (C=O) groups excluding carboxylic acids is 1. The van der Waals surface area contributed by atoms with E-state index < -0.39 is 17.3 Å². The number of halogens is 1. The minimum Gasteiger partial charge on any atom is -0.495 e. The lowest BCUT2D eigenvalue weighted by Crippen LogP contribution is -2.36. The Kier molecular flexibility index (Phi) is 3.49. The van der Waals surface area contributed by atoms with Gasteiger partial charge in [-0.25, -0.2) is 4.39 Å². The van der Waals surface area contributed by atoms with E-state index in [0.717, 1.165) is 6.07 Å². The van der Waals surface area contributed by atoms with Crippen molar-refractivity contribution in [3.05, 3.63) is 24.0 Å². The molecule has 0 aromatic heterocycles. The number of hydrogen-bond donors (Lipinski definition) is 2. The van der Waals surface area contributed by atoms with Gasteiger partial charge in [-0.3, -0.25) is 4.79 Å². The van der Waals surface area contributed by atoms with Crippen LogP contribution in [-0.2, 0) is 4.79 Å². The number of amides is 1. The Hall–Kier alpha value is -1.62. The van der Waals surface area contributed by atoms with Gasteiger partial charge < -0.3 is 15.2 Å². The molecule has 0 fully saturated rings. The SMILES string of the molecule is COc1ccc(F)cc1NC(=O)C(C)(C)O. The summed E-state index contributed by atoms with van der Waals surface area (Å²) < 4.78 is 17.9. The van der Waals surface area contributed by atoms with E-state index >= 15 is 0 Å². The van der Waals surface area contributed by atoms with Gasteiger partial charge in [0.1, 0.15) is 17.2 Å². The van der Waals surface area contributed by atoms with E-state index in [9.17, 15) is 14.3 Å². The highest BCUT2D eigenvalue weighted by atomic mass is 19.1. The van der Waals surface area contributed by atoms with Crippen molar-refractivity contribution in [1.29, 1.82) is 0 Å². The Morgan fingerprint density at radius 3 is 2.62 bits per heavy atom. The van der Waals surface area contributed by atoms with E-state index in [1.807, 2.05) is 0 Å². The van der Waals surface area contributed by atoms with E-state index in [4.69, 9.17) is 4.74 Å². The summed E-state index contributed by atoms with van der Waals surface area (Å²) in [7, 11) is 1.41. The van der Waals surface area contributed by atoms with Gasteiger partial charge in [0, 0.05) is 6.07 Å². The van der Waals surface area contributed by atoms with Gasteiger partial charge in [-0.1, -0.05) is 0 Å². The van der Waals surface area contributed by atoms with Crippen LogP contribution in [0.15, 0.2) is 18.2 Å². The third kappa shape index (κ3) is 2.93. The van der Waals surface area contributed by atoms with Gasteiger partial charge in [-0.05, 0) is 26.0 Å². The quantitative estimate of drug-likeness (QED) is 0.823. The van der Waals surface area contributed by atoms with Crippen LogP contribution in [0.2, 0.25) is 0 Å². The normalized spacial score (nSPS) is 11.1. The number of nitrogens with one attached hydrogen (secondary N) is 1. The van der Waals surface area contributed by atoms with Crippen LogP contribution >= 0.6 is 0 Å². The maximum atomic E-state index is 13.0. The molecule has 2 N–H and O–H groups in total. The molecule has 0 radical (unpaired) electrons. The third-order valence-corrected chi connectivity index (χ3v) is 1.97. The highest BCUT2D eigenvalue weighted by molar-refractivity contribution is 5.97. The Morgan fingerprint density at radius 2 is 2.12 bits per heavy atom. The average molecular weight is 227 g/mol. The van der Waals surface area contributed by atoms with E-state index in [2.05, 4.69) is 5.32 Å². The molecule has 0 saturated carbocycles. The van der Waals surface area contributed by atoms with Crippen molar-refractivity contribution in [3.8, 4) is 5.75 Å². The number of carbonyl (C=O) groups is 1. The predicted molar refractivity (Wildman–Crippen MR) is 57.9 cm³/mol. The number of hydrogen-bond acceptors (Lipinski definition) is 3. The fourth-order valence-corrected chi connectivity index (χ4v) is 1.05. The average Bonchev–Trinajstić information content (AvgIpc) is 2.16. The van der Waals surface area contributed by atoms with E-state index in [1.54, 1.807) is 0 Å². The minimum atomic E-state index is -1.53. The molecular formula is C11H14FNO3. The van der Waals surface area contributed by atoms with Crippen LogP contribution in [0.5, 0.6) is 5.75 Å². The lowest BCUT2D eigenvalue weighted by molar-refractivity contribution is -0.130. The lowest BCUT2D eigenvalue weighted by atomic mass is 10.1. The molecule has 1 amide bonds. The van der Waals surface area contributed by atoms with Gasteiger partial charge in [0.05, 0.1) is 12.8 Å². The largest absolute Gasteiger partial charge is 0.495 e. The number of aliphatic hydroxyl groups is 1. The summed E-state index contributed by atoms with van der Waals surface area (Å²) in [5.41, 5.74) is -1.34. The van der Waals surface area contributed by atoms with Gasteiger partial charge in [-0.15, -0.1) is 0 Å². The first-order valence-corrected chi connectivity index (χ1v) is 4.72. The van der Waals surface area contributed by atoms with Gasteiger partial charge >= 0.3 is 0 Å². The predicted octanol–water partition coefficient (Wildman–Crippen LogP) is 1.54. The number of methoxy groups -OCH3 is 1. The number of ether oxygens (including phenoxy) is 1. The molecule has 16 heavy (non-hydrogen) atoms. The Labute approximate surface area is 93.0 Å². The molecule has 0 aliphatic carbocycles. The number of benzene rings is 1. The maximum Gasteiger partial charge on any atom is 0.255 e. The summed E-state index contributed by atoms with van der Waals surface area (Å²) in [4.78, 5) is 11.5. The fourth-order valence-electron chi connectivity index (χ4n) is 1.05. The molecule has 88 valence electrons. The first kappa shape index (κ1) is 12.4. The van der Waals surface area contributed by atoms with Crippen molar-refractivity contribution in [3.63, 3.8) is 0 Å². The number of rotatable bonds is 3.